The predicted octanol–water partition coefficient (Wildman–Crippen LogP) is 3.66. The maximum atomic E-state index is 15.8. The SMILES string of the molecule is Cc1cn(-c2nccc3[nH]c(-c4n[nH]c5cnc(-c6cncc(N(C)C)c6)c(F)c45)nc23)cn1. The Morgan fingerprint density at radius 1 is 1.03 bits per heavy atom. The predicted molar refractivity (Wildman–Crippen MR) is 126 cm³/mol. The number of nitrogens with one attached hydrogen (secondary N) is 2. The Bertz CT molecular complexity index is 1680. The minimum Gasteiger partial charge on any atom is -0.376 e. The highest BCUT2D eigenvalue weighted by molar-refractivity contribution is 5.96. The van der Waals surface area contributed by atoms with Crippen molar-refractivity contribution >= 4 is 27.6 Å². The van der Waals surface area contributed by atoms with Gasteiger partial charge in [-0.25, -0.2) is 19.3 Å². The molecule has 0 amide bonds. The number of fused-ring (bicyclic) bond motifs is 2. The summed E-state index contributed by atoms with van der Waals surface area (Å²) in [6, 6.07) is 3.66. The molecule has 0 aliphatic carbocycles. The summed E-state index contributed by atoms with van der Waals surface area (Å²) in [6.45, 7) is 1.90. The highest BCUT2D eigenvalue weighted by Crippen LogP contribution is 2.33. The molecule has 6 aromatic rings. The zero-order valence-corrected chi connectivity index (χ0v) is 18.6. The van der Waals surface area contributed by atoms with Crippen LogP contribution in [0.2, 0.25) is 0 Å². The van der Waals surface area contributed by atoms with Gasteiger partial charge in [0.05, 0.1) is 40.2 Å². The van der Waals surface area contributed by atoms with Crippen LogP contribution in [0.4, 0.5) is 10.1 Å². The zero-order valence-electron chi connectivity index (χ0n) is 18.6. The van der Waals surface area contributed by atoms with Gasteiger partial charge in [-0.1, -0.05) is 0 Å². The van der Waals surface area contributed by atoms with Crippen LogP contribution in [0.1, 0.15) is 5.69 Å². The van der Waals surface area contributed by atoms with Crippen LogP contribution in [0.3, 0.4) is 0 Å². The van der Waals surface area contributed by atoms with Gasteiger partial charge >= 0.3 is 0 Å². The molecule has 6 rings (SSSR count). The number of anilines is 1. The first-order valence-corrected chi connectivity index (χ1v) is 10.5. The van der Waals surface area contributed by atoms with E-state index in [9.17, 15) is 0 Å². The minimum atomic E-state index is -0.497. The van der Waals surface area contributed by atoms with Crippen molar-refractivity contribution < 1.29 is 4.39 Å². The Balaban J connectivity index is 1.52. The largest absolute Gasteiger partial charge is 0.376 e. The van der Waals surface area contributed by atoms with Crippen molar-refractivity contribution in [2.75, 3.05) is 19.0 Å². The van der Waals surface area contributed by atoms with Gasteiger partial charge in [0.25, 0.3) is 0 Å². The summed E-state index contributed by atoms with van der Waals surface area (Å²) in [7, 11) is 3.80. The molecule has 6 heterocycles. The molecule has 0 saturated carbocycles. The van der Waals surface area contributed by atoms with E-state index in [-0.39, 0.29) is 5.69 Å². The average Bonchev–Trinajstić information content (AvgIpc) is 3.56. The minimum absolute atomic E-state index is 0.193. The molecule has 0 unspecified atom stereocenters. The van der Waals surface area contributed by atoms with Crippen molar-refractivity contribution in [2.24, 2.45) is 0 Å². The number of hydrogen-bond acceptors (Lipinski definition) is 7. The van der Waals surface area contributed by atoms with Gasteiger partial charge in [0.2, 0.25) is 0 Å². The van der Waals surface area contributed by atoms with Crippen LogP contribution >= 0.6 is 0 Å². The van der Waals surface area contributed by atoms with Crippen molar-refractivity contribution in [3.63, 3.8) is 0 Å². The molecule has 6 aromatic heterocycles. The van der Waals surface area contributed by atoms with Crippen molar-refractivity contribution in [3.05, 3.63) is 61.0 Å². The van der Waals surface area contributed by atoms with E-state index in [1.807, 2.05) is 44.2 Å². The van der Waals surface area contributed by atoms with Gasteiger partial charge in [-0.15, -0.1) is 0 Å². The van der Waals surface area contributed by atoms with Gasteiger partial charge < -0.3 is 9.88 Å². The molecule has 0 aliphatic heterocycles. The van der Waals surface area contributed by atoms with Crippen LogP contribution < -0.4 is 4.90 Å². The molecule has 11 heteroatoms. The zero-order chi connectivity index (χ0) is 23.4. The van der Waals surface area contributed by atoms with E-state index in [4.69, 9.17) is 4.98 Å². The molecule has 34 heavy (non-hydrogen) atoms. The molecule has 10 nitrogen and oxygen atoms in total. The van der Waals surface area contributed by atoms with E-state index >= 15 is 4.39 Å². The number of aryl methyl sites for hydroxylation is 1. The second-order valence-corrected chi connectivity index (χ2v) is 8.15. The summed E-state index contributed by atoms with van der Waals surface area (Å²) in [5, 5.41) is 7.51. The van der Waals surface area contributed by atoms with Crippen molar-refractivity contribution in [1.82, 2.24) is 44.7 Å². The number of aromatic amines is 2. The van der Waals surface area contributed by atoms with Crippen LogP contribution in [0.5, 0.6) is 0 Å². The standard InChI is InChI=1S/C23H19FN10/c1-12-10-34(11-28-12)23-20-15(4-5-26-23)29-22(30-20)21-17-16(31-32-21)9-27-19(18(17)24)13-6-14(33(2)3)8-25-7-13/h4-11H,1-3H3,(H,29,30)(H,31,32). The Morgan fingerprint density at radius 3 is 2.71 bits per heavy atom. The number of rotatable bonds is 4. The molecule has 0 saturated heterocycles. The van der Waals surface area contributed by atoms with Crippen molar-refractivity contribution in [2.45, 2.75) is 6.92 Å². The summed E-state index contributed by atoms with van der Waals surface area (Å²) in [5.41, 5.74) is 4.68. The second-order valence-electron chi connectivity index (χ2n) is 8.15. The quantitative estimate of drug-likeness (QED) is 0.417. The van der Waals surface area contributed by atoms with E-state index in [1.165, 1.54) is 0 Å². The van der Waals surface area contributed by atoms with Gasteiger partial charge in [0, 0.05) is 38.2 Å². The molecule has 0 radical (unpaired) electrons. The lowest BCUT2D eigenvalue weighted by Crippen LogP contribution is -2.09. The van der Waals surface area contributed by atoms with Gasteiger partial charge in [0.15, 0.2) is 17.5 Å². The Labute approximate surface area is 192 Å². The maximum Gasteiger partial charge on any atom is 0.166 e. The summed E-state index contributed by atoms with van der Waals surface area (Å²) in [5.74, 6) is 0.543. The first-order valence-electron chi connectivity index (χ1n) is 10.5. The molecule has 0 aliphatic rings. The fourth-order valence-corrected chi connectivity index (χ4v) is 3.91. The van der Waals surface area contributed by atoms with Crippen LogP contribution in [0, 0.1) is 12.7 Å². The van der Waals surface area contributed by atoms with E-state index in [0.717, 1.165) is 16.9 Å². The molecule has 0 spiro atoms. The highest BCUT2D eigenvalue weighted by atomic mass is 19.1. The van der Waals surface area contributed by atoms with Crippen molar-refractivity contribution in [3.8, 4) is 28.6 Å². The molecule has 0 atom stereocenters. The third kappa shape index (κ3) is 3.09. The monoisotopic (exact) mass is 454 g/mol. The number of nitrogens with zero attached hydrogens (tertiary/aromatic N) is 8. The van der Waals surface area contributed by atoms with Gasteiger partial charge in [-0.05, 0) is 19.1 Å². The summed E-state index contributed by atoms with van der Waals surface area (Å²) >= 11 is 0. The highest BCUT2D eigenvalue weighted by Gasteiger charge is 2.21. The molecule has 0 bridgehead atoms. The van der Waals surface area contributed by atoms with E-state index in [2.05, 4.69) is 35.1 Å². The summed E-state index contributed by atoms with van der Waals surface area (Å²) in [4.78, 5) is 27.2. The van der Waals surface area contributed by atoms with Gasteiger partial charge in [-0.2, -0.15) is 5.10 Å². The maximum absolute atomic E-state index is 15.8. The number of aromatic nitrogens is 9. The number of pyridine rings is 3. The lowest BCUT2D eigenvalue weighted by Gasteiger charge is -2.13. The fourth-order valence-electron chi connectivity index (χ4n) is 3.91. The average molecular weight is 454 g/mol. The molecular formula is C23H19FN10. The molecule has 0 fully saturated rings. The van der Waals surface area contributed by atoms with Gasteiger partial charge in [0.1, 0.15) is 23.2 Å². The number of hydrogen-bond donors (Lipinski definition) is 2. The number of imidazole rings is 2. The Kier molecular flexibility index (Phi) is 4.37. The molecule has 168 valence electrons. The first-order chi connectivity index (χ1) is 16.5. The van der Waals surface area contributed by atoms with Gasteiger partial charge in [-0.3, -0.25) is 19.6 Å². The Morgan fingerprint density at radius 2 is 1.91 bits per heavy atom. The molecular weight excluding hydrogens is 435 g/mol. The van der Waals surface area contributed by atoms with E-state index in [0.29, 0.717) is 39.3 Å². The normalized spacial score (nSPS) is 11.5. The summed E-state index contributed by atoms with van der Waals surface area (Å²) < 4.78 is 17.6. The number of halogens is 1. The first kappa shape index (κ1) is 20.0. The topological polar surface area (TPSA) is 117 Å². The lowest BCUT2D eigenvalue weighted by atomic mass is 10.1. The third-order valence-corrected chi connectivity index (χ3v) is 5.62. The van der Waals surface area contributed by atoms with E-state index in [1.54, 1.807) is 35.7 Å². The molecule has 0 aromatic carbocycles. The van der Waals surface area contributed by atoms with E-state index < -0.39 is 5.82 Å². The molecule has 2 N–H and O–H groups in total. The van der Waals surface area contributed by atoms with Crippen LogP contribution in [0.15, 0.2) is 49.4 Å². The van der Waals surface area contributed by atoms with Crippen LogP contribution in [-0.4, -0.2) is 58.8 Å². The lowest BCUT2D eigenvalue weighted by molar-refractivity contribution is 0.638. The second kappa shape index (κ2) is 7.44. The fraction of sp³-hybridized carbons (Fsp3) is 0.130. The Hall–Kier alpha value is -4.67. The van der Waals surface area contributed by atoms with Crippen molar-refractivity contribution in [1.29, 1.82) is 0 Å². The smallest absolute Gasteiger partial charge is 0.166 e. The van der Waals surface area contributed by atoms with Crippen LogP contribution in [-0.2, 0) is 0 Å². The van der Waals surface area contributed by atoms with Crippen LogP contribution in [0.25, 0.3) is 50.5 Å². The summed E-state index contributed by atoms with van der Waals surface area (Å²) in [6.07, 6.45) is 10.1. The number of H-pyrrole nitrogens is 2. The third-order valence-electron chi connectivity index (χ3n) is 5.62.